The number of rotatable bonds is 6. The van der Waals surface area contributed by atoms with Crippen LogP contribution in [0, 0.1) is 0 Å². The summed E-state index contributed by atoms with van der Waals surface area (Å²) in [6.45, 7) is 2.96. The summed E-state index contributed by atoms with van der Waals surface area (Å²) in [7, 11) is -1.92. The first-order chi connectivity index (χ1) is 10.8. The summed E-state index contributed by atoms with van der Waals surface area (Å²) in [6, 6.07) is 9.26. The molecule has 124 valence electrons. The highest BCUT2D eigenvalue weighted by atomic mass is 32.2. The zero-order valence-corrected chi connectivity index (χ0v) is 14.1. The number of nitrogens with zero attached hydrogens (tertiary/aromatic N) is 3. The van der Waals surface area contributed by atoms with Gasteiger partial charge in [-0.15, -0.1) is 10.2 Å². The van der Waals surface area contributed by atoms with Crippen LogP contribution in [0.4, 0.5) is 0 Å². The van der Waals surface area contributed by atoms with Crippen LogP contribution in [-0.4, -0.2) is 47.5 Å². The molecule has 0 bridgehead atoms. The third-order valence-electron chi connectivity index (χ3n) is 3.53. The van der Waals surface area contributed by atoms with E-state index in [1.807, 2.05) is 30.3 Å². The SMILES string of the molecule is CCS(=O)(=O)C(C)C(=O)N(C)Cc1nnc(-c2ccccc2)o1. The Morgan fingerprint density at radius 3 is 2.52 bits per heavy atom. The summed E-state index contributed by atoms with van der Waals surface area (Å²) >= 11 is 0. The van der Waals surface area contributed by atoms with Crippen LogP contribution in [0.2, 0.25) is 0 Å². The lowest BCUT2D eigenvalue weighted by Crippen LogP contribution is -2.39. The van der Waals surface area contributed by atoms with E-state index < -0.39 is 21.0 Å². The van der Waals surface area contributed by atoms with Crippen LogP contribution in [0.3, 0.4) is 0 Å². The Hall–Kier alpha value is -2.22. The maximum atomic E-state index is 12.2. The van der Waals surface area contributed by atoms with E-state index in [9.17, 15) is 13.2 Å². The van der Waals surface area contributed by atoms with Gasteiger partial charge in [0.25, 0.3) is 0 Å². The number of sulfone groups is 1. The predicted molar refractivity (Wildman–Crippen MR) is 85.1 cm³/mol. The Morgan fingerprint density at radius 1 is 1.26 bits per heavy atom. The van der Waals surface area contributed by atoms with Gasteiger partial charge in [-0.1, -0.05) is 25.1 Å². The van der Waals surface area contributed by atoms with Crippen molar-refractivity contribution >= 4 is 15.7 Å². The molecular weight excluding hydrogens is 318 g/mol. The number of aromatic nitrogens is 2. The molecule has 0 spiro atoms. The van der Waals surface area contributed by atoms with Gasteiger partial charge in [-0.05, 0) is 19.1 Å². The summed E-state index contributed by atoms with van der Waals surface area (Å²) in [5.74, 6) is 0.0368. The second-order valence-electron chi connectivity index (χ2n) is 5.16. The van der Waals surface area contributed by atoms with Crippen LogP contribution >= 0.6 is 0 Å². The average Bonchev–Trinajstić information content (AvgIpc) is 3.02. The Labute approximate surface area is 135 Å². The van der Waals surface area contributed by atoms with Crippen LogP contribution in [0.25, 0.3) is 11.5 Å². The third-order valence-corrected chi connectivity index (χ3v) is 5.61. The van der Waals surface area contributed by atoms with Crippen molar-refractivity contribution in [2.75, 3.05) is 12.8 Å². The van der Waals surface area contributed by atoms with Gasteiger partial charge in [0.1, 0.15) is 5.25 Å². The van der Waals surface area contributed by atoms with Crippen LogP contribution in [0.1, 0.15) is 19.7 Å². The molecule has 2 aromatic rings. The zero-order chi connectivity index (χ0) is 17.0. The zero-order valence-electron chi connectivity index (χ0n) is 13.3. The number of hydrogen-bond acceptors (Lipinski definition) is 6. The second-order valence-corrected chi connectivity index (χ2v) is 7.77. The molecule has 1 aromatic carbocycles. The highest BCUT2D eigenvalue weighted by Crippen LogP contribution is 2.17. The minimum absolute atomic E-state index is 0.0578. The lowest BCUT2D eigenvalue weighted by molar-refractivity contribution is -0.129. The molecule has 1 aromatic heterocycles. The lowest BCUT2D eigenvalue weighted by Gasteiger charge is -2.19. The van der Waals surface area contributed by atoms with Gasteiger partial charge in [-0.2, -0.15) is 0 Å². The van der Waals surface area contributed by atoms with Gasteiger partial charge in [0.2, 0.25) is 17.7 Å². The average molecular weight is 337 g/mol. The number of carbonyl (C=O) groups is 1. The smallest absolute Gasteiger partial charge is 0.247 e. The minimum atomic E-state index is -3.43. The summed E-state index contributed by atoms with van der Waals surface area (Å²) in [6.07, 6.45) is 0. The first-order valence-electron chi connectivity index (χ1n) is 7.19. The Morgan fingerprint density at radius 2 is 1.91 bits per heavy atom. The fraction of sp³-hybridized carbons (Fsp3) is 0.400. The van der Waals surface area contributed by atoms with E-state index in [0.29, 0.717) is 5.89 Å². The van der Waals surface area contributed by atoms with Crippen LogP contribution in [0.15, 0.2) is 34.7 Å². The van der Waals surface area contributed by atoms with Gasteiger partial charge >= 0.3 is 0 Å². The Bertz CT molecular complexity index is 771. The molecule has 0 aliphatic carbocycles. The normalized spacial score (nSPS) is 12.8. The molecule has 8 heteroatoms. The van der Waals surface area contributed by atoms with Gasteiger partial charge in [-0.25, -0.2) is 8.42 Å². The van der Waals surface area contributed by atoms with E-state index in [1.54, 1.807) is 0 Å². The predicted octanol–water partition coefficient (Wildman–Crippen LogP) is 1.52. The van der Waals surface area contributed by atoms with Gasteiger partial charge < -0.3 is 9.32 Å². The molecule has 1 unspecified atom stereocenters. The lowest BCUT2D eigenvalue weighted by atomic mass is 10.2. The molecule has 0 aliphatic heterocycles. The first kappa shape index (κ1) is 17.1. The molecule has 0 saturated carbocycles. The quantitative estimate of drug-likeness (QED) is 0.793. The molecule has 0 radical (unpaired) electrons. The maximum absolute atomic E-state index is 12.2. The third kappa shape index (κ3) is 3.95. The van der Waals surface area contributed by atoms with Crippen molar-refractivity contribution in [3.05, 3.63) is 36.2 Å². The fourth-order valence-corrected chi connectivity index (χ4v) is 3.00. The van der Waals surface area contributed by atoms with Gasteiger partial charge in [-0.3, -0.25) is 4.79 Å². The highest BCUT2D eigenvalue weighted by Gasteiger charge is 2.29. The van der Waals surface area contributed by atoms with Crippen LogP contribution in [0.5, 0.6) is 0 Å². The van der Waals surface area contributed by atoms with E-state index in [1.165, 1.54) is 25.8 Å². The molecule has 0 N–H and O–H groups in total. The van der Waals surface area contributed by atoms with Crippen molar-refractivity contribution in [1.82, 2.24) is 15.1 Å². The van der Waals surface area contributed by atoms with Crippen molar-refractivity contribution in [3.63, 3.8) is 0 Å². The van der Waals surface area contributed by atoms with Crippen molar-refractivity contribution in [2.24, 2.45) is 0 Å². The van der Waals surface area contributed by atoms with Gasteiger partial charge in [0, 0.05) is 18.4 Å². The molecular formula is C15H19N3O4S. The molecule has 7 nitrogen and oxygen atoms in total. The summed E-state index contributed by atoms with van der Waals surface area (Å²) in [5.41, 5.74) is 0.780. The van der Waals surface area contributed by atoms with E-state index >= 15 is 0 Å². The monoisotopic (exact) mass is 337 g/mol. The molecule has 1 heterocycles. The molecule has 2 rings (SSSR count). The molecule has 0 fully saturated rings. The fourth-order valence-electron chi connectivity index (χ4n) is 2.01. The largest absolute Gasteiger partial charge is 0.419 e. The van der Waals surface area contributed by atoms with Crippen LogP contribution in [-0.2, 0) is 21.2 Å². The van der Waals surface area contributed by atoms with E-state index in [2.05, 4.69) is 10.2 Å². The highest BCUT2D eigenvalue weighted by molar-refractivity contribution is 7.92. The minimum Gasteiger partial charge on any atom is -0.419 e. The molecule has 23 heavy (non-hydrogen) atoms. The number of benzene rings is 1. The number of amides is 1. The van der Waals surface area contributed by atoms with E-state index in [0.717, 1.165) is 5.56 Å². The van der Waals surface area contributed by atoms with Crippen LogP contribution < -0.4 is 0 Å². The van der Waals surface area contributed by atoms with Gasteiger partial charge in [0.15, 0.2) is 9.84 Å². The molecule has 0 aliphatic rings. The Balaban J connectivity index is 2.08. The molecule has 0 saturated heterocycles. The van der Waals surface area contributed by atoms with Crippen molar-refractivity contribution in [1.29, 1.82) is 0 Å². The van der Waals surface area contributed by atoms with E-state index in [-0.39, 0.29) is 18.2 Å². The number of carbonyl (C=O) groups excluding carboxylic acids is 1. The van der Waals surface area contributed by atoms with Crippen molar-refractivity contribution in [2.45, 2.75) is 25.6 Å². The van der Waals surface area contributed by atoms with E-state index in [4.69, 9.17) is 4.42 Å². The maximum Gasteiger partial charge on any atom is 0.247 e. The van der Waals surface area contributed by atoms with Gasteiger partial charge in [0.05, 0.1) is 6.54 Å². The first-order valence-corrected chi connectivity index (χ1v) is 8.91. The second kappa shape index (κ2) is 6.91. The standard InChI is InChI=1S/C15H19N3O4S/c1-4-23(20,21)11(2)15(19)18(3)10-13-16-17-14(22-13)12-8-6-5-7-9-12/h5-9,11H,4,10H2,1-3H3. The molecule has 1 amide bonds. The summed E-state index contributed by atoms with van der Waals surface area (Å²) in [4.78, 5) is 13.5. The number of hydrogen-bond donors (Lipinski definition) is 0. The van der Waals surface area contributed by atoms with Crippen molar-refractivity contribution in [3.8, 4) is 11.5 Å². The summed E-state index contributed by atoms with van der Waals surface area (Å²) in [5, 5.41) is 6.74. The van der Waals surface area contributed by atoms with Crippen molar-refractivity contribution < 1.29 is 17.6 Å². The summed E-state index contributed by atoms with van der Waals surface area (Å²) < 4.78 is 29.1. The Kier molecular flexibility index (Phi) is 5.15. The topological polar surface area (TPSA) is 93.4 Å². The molecule has 1 atom stereocenters.